The maximum absolute atomic E-state index is 14.2. The van der Waals surface area contributed by atoms with E-state index in [1.54, 1.807) is 22.7 Å². The third kappa shape index (κ3) is 3.98. The Bertz CT molecular complexity index is 2040. The molecule has 0 aliphatic carbocycles. The van der Waals surface area contributed by atoms with Crippen LogP contribution in [0.15, 0.2) is 103 Å². The summed E-state index contributed by atoms with van der Waals surface area (Å²) < 4.78 is 18.3. The van der Waals surface area contributed by atoms with Crippen LogP contribution in [0.1, 0.15) is 33.3 Å². The first-order valence-electron chi connectivity index (χ1n) is 13.3. The standard InChI is InChI=1S/C33H22FN5S2/c1-19-27-28(20-15-17-22(34)18-16-20)29(32-35-23-11-5-7-13-25(23)40-32)30(21-9-3-2-4-10-21)37-31(27)39(38-19)33-36-24-12-6-8-14-26(24)41-33/h2-18,28,37H,1H3/t28-/m1/s1. The zero-order valence-corrected chi connectivity index (χ0v) is 23.5. The normalized spacial score (nSPS) is 14.9. The Labute approximate surface area is 243 Å². The van der Waals surface area contributed by atoms with Gasteiger partial charge in [0.05, 0.1) is 31.8 Å². The average Bonchev–Trinajstić information content (AvgIpc) is 3.72. The summed E-state index contributed by atoms with van der Waals surface area (Å²) in [4.78, 5) is 10.0. The number of fused-ring (bicyclic) bond motifs is 3. The van der Waals surface area contributed by atoms with E-state index in [9.17, 15) is 4.39 Å². The molecule has 1 N–H and O–H groups in total. The van der Waals surface area contributed by atoms with Crippen LogP contribution < -0.4 is 5.32 Å². The van der Waals surface area contributed by atoms with Crippen molar-refractivity contribution in [2.75, 3.05) is 5.32 Å². The van der Waals surface area contributed by atoms with Gasteiger partial charge in [-0.2, -0.15) is 9.78 Å². The molecule has 1 aliphatic rings. The molecule has 3 aromatic heterocycles. The van der Waals surface area contributed by atoms with Crippen LogP contribution in [0.2, 0.25) is 0 Å². The second kappa shape index (κ2) is 9.47. The molecule has 41 heavy (non-hydrogen) atoms. The number of halogens is 1. The summed E-state index contributed by atoms with van der Waals surface area (Å²) in [6.45, 7) is 2.03. The quantitative estimate of drug-likeness (QED) is 0.230. The van der Waals surface area contributed by atoms with Crippen molar-refractivity contribution in [1.29, 1.82) is 0 Å². The summed E-state index contributed by atoms with van der Waals surface area (Å²) in [7, 11) is 0. The maximum atomic E-state index is 14.2. The Morgan fingerprint density at radius 3 is 2.12 bits per heavy atom. The van der Waals surface area contributed by atoms with E-state index in [2.05, 4.69) is 29.6 Å². The molecule has 0 spiro atoms. The second-order valence-electron chi connectivity index (χ2n) is 9.97. The van der Waals surface area contributed by atoms with Crippen LogP contribution in [-0.2, 0) is 0 Å². The fourth-order valence-corrected chi connectivity index (χ4v) is 7.58. The predicted octanol–water partition coefficient (Wildman–Crippen LogP) is 8.67. The first-order valence-corrected chi connectivity index (χ1v) is 14.9. The van der Waals surface area contributed by atoms with E-state index >= 15 is 0 Å². The van der Waals surface area contributed by atoms with Crippen LogP contribution in [0.3, 0.4) is 0 Å². The topological polar surface area (TPSA) is 55.6 Å². The van der Waals surface area contributed by atoms with Gasteiger partial charge in [-0.3, -0.25) is 0 Å². The van der Waals surface area contributed by atoms with Gasteiger partial charge in [-0.05, 0) is 54.4 Å². The van der Waals surface area contributed by atoms with Gasteiger partial charge in [0.2, 0.25) is 5.13 Å². The number of anilines is 1. The van der Waals surface area contributed by atoms with E-state index in [0.29, 0.717) is 0 Å². The molecule has 8 heteroatoms. The molecule has 1 aliphatic heterocycles. The summed E-state index contributed by atoms with van der Waals surface area (Å²) in [5, 5.41) is 10.5. The van der Waals surface area contributed by atoms with Crippen LogP contribution in [0.4, 0.5) is 10.2 Å². The zero-order valence-electron chi connectivity index (χ0n) is 21.9. The molecule has 198 valence electrons. The largest absolute Gasteiger partial charge is 0.339 e. The minimum atomic E-state index is -0.265. The van der Waals surface area contributed by atoms with Gasteiger partial charge in [-0.15, -0.1) is 11.3 Å². The lowest BCUT2D eigenvalue weighted by Crippen LogP contribution is -2.19. The molecule has 0 radical (unpaired) electrons. The highest BCUT2D eigenvalue weighted by atomic mass is 32.1. The zero-order chi connectivity index (χ0) is 27.5. The number of rotatable bonds is 4. The fourth-order valence-electron chi connectivity index (χ4n) is 5.61. The highest BCUT2D eigenvalue weighted by Gasteiger charge is 2.37. The Morgan fingerprint density at radius 1 is 0.756 bits per heavy atom. The van der Waals surface area contributed by atoms with Crippen molar-refractivity contribution < 1.29 is 4.39 Å². The summed E-state index contributed by atoms with van der Waals surface area (Å²) in [6.07, 6.45) is 0. The van der Waals surface area contributed by atoms with E-state index in [4.69, 9.17) is 15.1 Å². The number of aryl methyl sites for hydroxylation is 1. The third-order valence-corrected chi connectivity index (χ3v) is 9.53. The van der Waals surface area contributed by atoms with Crippen molar-refractivity contribution in [1.82, 2.24) is 19.7 Å². The molecule has 0 fully saturated rings. The first kappa shape index (κ1) is 24.2. The molecule has 7 aromatic rings. The molecule has 0 bridgehead atoms. The van der Waals surface area contributed by atoms with Crippen molar-refractivity contribution >= 4 is 60.2 Å². The van der Waals surface area contributed by atoms with Crippen molar-refractivity contribution in [2.45, 2.75) is 12.8 Å². The molecule has 0 unspecified atom stereocenters. The lowest BCUT2D eigenvalue weighted by atomic mass is 9.80. The lowest BCUT2D eigenvalue weighted by Gasteiger charge is -2.30. The second-order valence-corrected chi connectivity index (χ2v) is 12.0. The fraction of sp³-hybridized carbons (Fsp3) is 0.0606. The maximum Gasteiger partial charge on any atom is 0.213 e. The van der Waals surface area contributed by atoms with Crippen molar-refractivity contribution in [3.05, 3.63) is 136 Å². The summed E-state index contributed by atoms with van der Waals surface area (Å²) in [6, 6.07) is 33.4. The monoisotopic (exact) mass is 571 g/mol. The van der Waals surface area contributed by atoms with Gasteiger partial charge in [0.15, 0.2) is 0 Å². The highest BCUT2D eigenvalue weighted by Crippen LogP contribution is 2.51. The van der Waals surface area contributed by atoms with Gasteiger partial charge in [-0.1, -0.05) is 78.1 Å². The number of nitrogens with one attached hydrogen (secondary N) is 1. The number of hydrogen-bond donors (Lipinski definition) is 1. The van der Waals surface area contributed by atoms with Crippen LogP contribution in [0.5, 0.6) is 0 Å². The molecule has 1 atom stereocenters. The molecular weight excluding hydrogens is 550 g/mol. The van der Waals surface area contributed by atoms with Gasteiger partial charge in [0, 0.05) is 17.1 Å². The Hall–Kier alpha value is -4.66. The van der Waals surface area contributed by atoms with E-state index in [-0.39, 0.29) is 11.7 Å². The number of aromatic nitrogens is 4. The van der Waals surface area contributed by atoms with Crippen LogP contribution in [-0.4, -0.2) is 19.7 Å². The first-order chi connectivity index (χ1) is 20.1. The molecule has 4 heterocycles. The summed E-state index contributed by atoms with van der Waals surface area (Å²) in [5.41, 5.74) is 7.82. The smallest absolute Gasteiger partial charge is 0.213 e. The summed E-state index contributed by atoms with van der Waals surface area (Å²) in [5.74, 6) is 0.365. The number of allylic oxidation sites excluding steroid dienone is 1. The predicted molar refractivity (Wildman–Crippen MR) is 166 cm³/mol. The van der Waals surface area contributed by atoms with Crippen LogP contribution in [0.25, 0.3) is 36.8 Å². The van der Waals surface area contributed by atoms with Crippen LogP contribution in [0, 0.1) is 12.7 Å². The van der Waals surface area contributed by atoms with E-state index < -0.39 is 0 Å². The van der Waals surface area contributed by atoms with Crippen molar-refractivity contribution in [2.24, 2.45) is 0 Å². The molecular formula is C33H22FN5S2. The summed E-state index contributed by atoms with van der Waals surface area (Å²) >= 11 is 3.28. The van der Waals surface area contributed by atoms with E-state index in [1.165, 1.54) is 12.1 Å². The van der Waals surface area contributed by atoms with Gasteiger partial charge < -0.3 is 5.32 Å². The molecule has 4 aromatic carbocycles. The van der Waals surface area contributed by atoms with E-state index in [1.807, 2.05) is 78.3 Å². The molecule has 0 saturated carbocycles. The molecule has 0 saturated heterocycles. The van der Waals surface area contributed by atoms with Crippen molar-refractivity contribution in [3.8, 4) is 5.13 Å². The average molecular weight is 572 g/mol. The van der Waals surface area contributed by atoms with Gasteiger partial charge in [-0.25, -0.2) is 14.4 Å². The minimum Gasteiger partial charge on any atom is -0.339 e. The SMILES string of the molecule is Cc1nn(-c2nc3ccccc3s2)c2c1[C@@H](c1ccc(F)cc1)C(c1nc3ccccc3s1)=C(c1ccccc1)N2. The molecule has 5 nitrogen and oxygen atoms in total. The molecule has 0 amide bonds. The molecule has 8 rings (SSSR count). The van der Waals surface area contributed by atoms with Crippen LogP contribution >= 0.6 is 22.7 Å². The Balaban J connectivity index is 1.43. The number of benzene rings is 4. The Morgan fingerprint density at radius 2 is 1.41 bits per heavy atom. The Kier molecular flexibility index (Phi) is 5.58. The highest BCUT2D eigenvalue weighted by molar-refractivity contribution is 7.20. The number of thiazole rings is 2. The van der Waals surface area contributed by atoms with Gasteiger partial charge in [0.1, 0.15) is 16.6 Å². The van der Waals surface area contributed by atoms with E-state index in [0.717, 1.165) is 70.0 Å². The minimum absolute atomic E-state index is 0.231. The van der Waals surface area contributed by atoms with Gasteiger partial charge in [0.25, 0.3) is 0 Å². The van der Waals surface area contributed by atoms with Gasteiger partial charge >= 0.3 is 0 Å². The lowest BCUT2D eigenvalue weighted by molar-refractivity contribution is 0.627. The third-order valence-electron chi connectivity index (χ3n) is 7.45. The number of nitrogens with zero attached hydrogens (tertiary/aromatic N) is 4. The number of para-hydroxylation sites is 2. The number of hydrogen-bond acceptors (Lipinski definition) is 6. The van der Waals surface area contributed by atoms with Crippen molar-refractivity contribution in [3.63, 3.8) is 0 Å².